The Morgan fingerprint density at radius 3 is 2.57 bits per heavy atom. The number of H-pyrrole nitrogens is 1. The molecule has 3 nitrogen and oxygen atoms in total. The minimum Gasteiger partial charge on any atom is -0.398 e. The number of anilines is 1. The van der Waals surface area contributed by atoms with E-state index in [4.69, 9.17) is 5.73 Å². The molecule has 7 heteroatoms. The number of alkyl halides is 3. The van der Waals surface area contributed by atoms with Crippen LogP contribution in [0.3, 0.4) is 0 Å². The first-order valence-corrected chi connectivity index (χ1v) is 6.84. The van der Waals surface area contributed by atoms with Crippen LogP contribution in [0.1, 0.15) is 5.56 Å². The molecule has 0 saturated heterocycles. The van der Waals surface area contributed by atoms with Crippen molar-refractivity contribution in [3.05, 3.63) is 48.0 Å². The van der Waals surface area contributed by atoms with Crippen LogP contribution in [0.15, 0.2) is 52.5 Å². The van der Waals surface area contributed by atoms with Crippen molar-refractivity contribution in [1.82, 2.24) is 9.97 Å². The van der Waals surface area contributed by atoms with E-state index in [1.807, 2.05) is 24.3 Å². The van der Waals surface area contributed by atoms with Crippen LogP contribution in [0, 0.1) is 0 Å². The second-order valence-corrected chi connectivity index (χ2v) is 5.47. The molecule has 3 N–H and O–H groups in total. The minimum absolute atomic E-state index is 0.281. The van der Waals surface area contributed by atoms with E-state index in [1.54, 1.807) is 6.07 Å². The van der Waals surface area contributed by atoms with Gasteiger partial charge in [-0.1, -0.05) is 23.9 Å². The number of aromatic nitrogens is 2. The fraction of sp³-hybridized carbons (Fsp3) is 0.0714. The van der Waals surface area contributed by atoms with Crippen LogP contribution in [0.2, 0.25) is 0 Å². The molecule has 0 bridgehead atoms. The van der Waals surface area contributed by atoms with Crippen molar-refractivity contribution < 1.29 is 13.2 Å². The molecule has 0 unspecified atom stereocenters. The van der Waals surface area contributed by atoms with Crippen LogP contribution in [0.4, 0.5) is 18.9 Å². The number of hydrogen-bond acceptors (Lipinski definition) is 3. The first-order chi connectivity index (χ1) is 9.93. The van der Waals surface area contributed by atoms with Crippen molar-refractivity contribution in [2.24, 2.45) is 0 Å². The molecule has 3 aromatic rings. The lowest BCUT2D eigenvalue weighted by Gasteiger charge is -2.10. The van der Waals surface area contributed by atoms with Crippen molar-refractivity contribution in [1.29, 1.82) is 0 Å². The number of nitrogens with one attached hydrogen (secondary N) is 1. The zero-order valence-corrected chi connectivity index (χ0v) is 11.4. The van der Waals surface area contributed by atoms with Crippen molar-refractivity contribution in [3.63, 3.8) is 0 Å². The quantitative estimate of drug-likeness (QED) is 0.693. The molecule has 0 spiro atoms. The van der Waals surface area contributed by atoms with Crippen molar-refractivity contribution in [3.8, 4) is 0 Å². The van der Waals surface area contributed by atoms with Gasteiger partial charge in [-0.25, -0.2) is 4.98 Å². The monoisotopic (exact) mass is 309 g/mol. The first kappa shape index (κ1) is 13.8. The molecule has 0 aliphatic heterocycles. The summed E-state index contributed by atoms with van der Waals surface area (Å²) in [5.74, 6) is 0. The van der Waals surface area contributed by atoms with Gasteiger partial charge in [-0.15, -0.1) is 0 Å². The van der Waals surface area contributed by atoms with Gasteiger partial charge in [-0.2, -0.15) is 13.2 Å². The fourth-order valence-corrected chi connectivity index (χ4v) is 2.77. The van der Waals surface area contributed by atoms with Gasteiger partial charge >= 0.3 is 6.18 Å². The highest BCUT2D eigenvalue weighted by atomic mass is 32.2. The van der Waals surface area contributed by atoms with E-state index in [0.717, 1.165) is 28.9 Å². The molecule has 21 heavy (non-hydrogen) atoms. The number of para-hydroxylation sites is 2. The van der Waals surface area contributed by atoms with Crippen molar-refractivity contribution >= 4 is 28.5 Å². The Morgan fingerprint density at radius 1 is 1.10 bits per heavy atom. The summed E-state index contributed by atoms with van der Waals surface area (Å²) in [5.41, 5.74) is 5.88. The average Bonchev–Trinajstić information content (AvgIpc) is 2.82. The van der Waals surface area contributed by atoms with Gasteiger partial charge in [0.05, 0.1) is 16.6 Å². The summed E-state index contributed by atoms with van der Waals surface area (Å²) >= 11 is 1.13. The molecule has 0 amide bonds. The number of benzene rings is 2. The number of fused-ring (bicyclic) bond motifs is 1. The highest BCUT2D eigenvalue weighted by Crippen LogP contribution is 2.37. The molecular weight excluding hydrogens is 299 g/mol. The molecule has 0 saturated carbocycles. The summed E-state index contributed by atoms with van der Waals surface area (Å²) in [6.07, 6.45) is -4.46. The third-order valence-electron chi connectivity index (χ3n) is 2.91. The van der Waals surface area contributed by atoms with E-state index in [2.05, 4.69) is 9.97 Å². The summed E-state index contributed by atoms with van der Waals surface area (Å²) in [5, 5.41) is 0.536. The molecule has 0 aliphatic rings. The largest absolute Gasteiger partial charge is 0.418 e. The van der Waals surface area contributed by atoms with E-state index in [-0.39, 0.29) is 5.69 Å². The first-order valence-electron chi connectivity index (χ1n) is 6.03. The predicted molar refractivity (Wildman–Crippen MR) is 76.1 cm³/mol. The second kappa shape index (κ2) is 5.00. The Hall–Kier alpha value is -2.15. The third kappa shape index (κ3) is 2.82. The third-order valence-corrected chi connectivity index (χ3v) is 3.79. The normalized spacial score (nSPS) is 12.0. The van der Waals surface area contributed by atoms with Gasteiger partial charge in [0, 0.05) is 10.6 Å². The van der Waals surface area contributed by atoms with Crippen molar-refractivity contribution in [2.75, 3.05) is 5.73 Å². The molecule has 3 rings (SSSR count). The van der Waals surface area contributed by atoms with Crippen molar-refractivity contribution in [2.45, 2.75) is 16.2 Å². The SMILES string of the molecule is Nc1ccc(Sc2nc3ccccc3[nH]2)cc1C(F)(F)F. The van der Waals surface area contributed by atoms with Crippen LogP contribution in [-0.4, -0.2) is 9.97 Å². The van der Waals surface area contributed by atoms with Gasteiger partial charge in [0.1, 0.15) is 0 Å². The minimum atomic E-state index is -4.46. The Labute approximate surface area is 122 Å². The van der Waals surface area contributed by atoms with E-state index in [9.17, 15) is 13.2 Å². The van der Waals surface area contributed by atoms with Crippen LogP contribution < -0.4 is 5.73 Å². The number of halogens is 3. The lowest BCUT2D eigenvalue weighted by molar-refractivity contribution is -0.137. The Balaban J connectivity index is 1.94. The molecule has 1 aromatic heterocycles. The summed E-state index contributed by atoms with van der Waals surface area (Å²) in [6, 6.07) is 11.2. The van der Waals surface area contributed by atoms with E-state index < -0.39 is 11.7 Å². The highest BCUT2D eigenvalue weighted by molar-refractivity contribution is 7.99. The second-order valence-electron chi connectivity index (χ2n) is 4.41. The molecule has 0 fully saturated rings. The number of nitrogens with zero attached hydrogens (tertiary/aromatic N) is 1. The van der Waals surface area contributed by atoms with Crippen LogP contribution in [0.5, 0.6) is 0 Å². The average molecular weight is 309 g/mol. The molecule has 1 heterocycles. The molecule has 0 atom stereocenters. The number of hydrogen-bond donors (Lipinski definition) is 2. The maximum absolute atomic E-state index is 12.8. The van der Waals surface area contributed by atoms with Crippen LogP contribution >= 0.6 is 11.8 Å². The molecule has 108 valence electrons. The number of imidazole rings is 1. The maximum Gasteiger partial charge on any atom is 0.418 e. The Bertz CT molecular complexity index is 763. The lowest BCUT2D eigenvalue weighted by Crippen LogP contribution is -2.08. The number of nitrogen functional groups attached to an aromatic ring is 1. The van der Waals surface area contributed by atoms with Crippen LogP contribution in [0.25, 0.3) is 11.0 Å². The summed E-state index contributed by atoms with van der Waals surface area (Å²) < 4.78 is 38.5. The van der Waals surface area contributed by atoms with Gasteiger partial charge in [-0.3, -0.25) is 0 Å². The zero-order chi connectivity index (χ0) is 15.0. The summed E-state index contributed by atoms with van der Waals surface area (Å²) in [4.78, 5) is 7.80. The highest BCUT2D eigenvalue weighted by Gasteiger charge is 2.33. The Kier molecular flexibility index (Phi) is 3.29. The summed E-state index contributed by atoms with van der Waals surface area (Å²) in [7, 11) is 0. The molecular formula is C14H10F3N3S. The fourth-order valence-electron chi connectivity index (χ4n) is 1.93. The topological polar surface area (TPSA) is 54.7 Å². The van der Waals surface area contributed by atoms with Gasteiger partial charge < -0.3 is 10.7 Å². The van der Waals surface area contributed by atoms with Gasteiger partial charge in [0.15, 0.2) is 5.16 Å². The van der Waals surface area contributed by atoms with E-state index in [0.29, 0.717) is 10.1 Å². The standard InChI is InChI=1S/C14H10F3N3S/c15-14(16,17)9-7-8(5-6-10(9)18)21-13-19-11-3-1-2-4-12(11)20-13/h1-7H,18H2,(H,19,20). The number of rotatable bonds is 2. The van der Waals surface area contributed by atoms with Gasteiger partial charge in [0.2, 0.25) is 0 Å². The number of aromatic amines is 1. The Morgan fingerprint density at radius 2 is 1.86 bits per heavy atom. The maximum atomic E-state index is 12.8. The number of nitrogens with two attached hydrogens (primary N) is 1. The van der Waals surface area contributed by atoms with Gasteiger partial charge in [-0.05, 0) is 30.3 Å². The predicted octanol–water partition coefficient (Wildman–Crippen LogP) is 4.32. The van der Waals surface area contributed by atoms with Crippen LogP contribution in [-0.2, 0) is 6.18 Å². The molecule has 2 aromatic carbocycles. The van der Waals surface area contributed by atoms with E-state index in [1.165, 1.54) is 6.07 Å². The zero-order valence-electron chi connectivity index (χ0n) is 10.6. The smallest absolute Gasteiger partial charge is 0.398 e. The molecule has 0 radical (unpaired) electrons. The molecule has 0 aliphatic carbocycles. The van der Waals surface area contributed by atoms with Gasteiger partial charge in [0.25, 0.3) is 0 Å². The summed E-state index contributed by atoms with van der Waals surface area (Å²) in [6.45, 7) is 0. The van der Waals surface area contributed by atoms with E-state index >= 15 is 0 Å². The lowest BCUT2D eigenvalue weighted by atomic mass is 10.2.